The summed E-state index contributed by atoms with van der Waals surface area (Å²) in [7, 11) is 0. The Labute approximate surface area is 115 Å². The van der Waals surface area contributed by atoms with E-state index in [-0.39, 0.29) is 0 Å². The Hall–Kier alpha value is 0.920. The van der Waals surface area contributed by atoms with Crippen LogP contribution in [0.5, 0.6) is 0 Å². The van der Waals surface area contributed by atoms with Crippen LogP contribution in [-0.4, -0.2) is 15.0 Å². The Kier molecular flexibility index (Phi) is 8.39. The highest BCUT2D eigenvalue weighted by Crippen LogP contribution is 2.54. The van der Waals surface area contributed by atoms with Crippen LogP contribution < -0.4 is 0 Å². The minimum atomic E-state index is -3.06. The minimum Gasteiger partial charge on any atom is -0.338 e. The normalized spacial score (nSPS) is 22.7. The Morgan fingerprint density at radius 1 is 0.765 bits per heavy atom. The lowest BCUT2D eigenvalue weighted by atomic mass is 10.0. The molecule has 0 unspecified atom stereocenters. The highest BCUT2D eigenvalue weighted by Gasteiger charge is 2.18. The van der Waals surface area contributed by atoms with Crippen LogP contribution in [0.1, 0.15) is 70.6 Å². The van der Waals surface area contributed by atoms with Gasteiger partial charge < -0.3 is 9.79 Å². The second-order valence-corrected chi connectivity index (χ2v) is 11.2. The molecule has 0 bridgehead atoms. The van der Waals surface area contributed by atoms with Gasteiger partial charge in [0.25, 0.3) is 0 Å². The van der Waals surface area contributed by atoms with Gasteiger partial charge in [-0.3, -0.25) is 0 Å². The summed E-state index contributed by atoms with van der Waals surface area (Å²) in [5.74, 6) is 0. The standard InChI is InChI=1S/C12H25O2PS2/c13-15(14,16)17-12-10-8-6-4-2-1-3-5-7-9-11-12/h12H,1-11H2,(H2,13,14,16). The van der Waals surface area contributed by atoms with Crippen molar-refractivity contribution in [3.8, 4) is 0 Å². The fourth-order valence-electron chi connectivity index (χ4n) is 2.43. The van der Waals surface area contributed by atoms with Gasteiger partial charge in [0.15, 0.2) is 0 Å². The average Bonchev–Trinajstić information content (AvgIpc) is 2.20. The van der Waals surface area contributed by atoms with Crippen LogP contribution in [0.2, 0.25) is 0 Å². The van der Waals surface area contributed by atoms with Gasteiger partial charge >= 0.3 is 0 Å². The molecule has 1 saturated carbocycles. The van der Waals surface area contributed by atoms with E-state index < -0.39 is 5.69 Å². The van der Waals surface area contributed by atoms with Crippen LogP contribution in [0, 0.1) is 0 Å². The van der Waals surface area contributed by atoms with Crippen LogP contribution in [-0.2, 0) is 11.8 Å². The first-order chi connectivity index (χ1) is 8.08. The molecular weight excluding hydrogens is 271 g/mol. The van der Waals surface area contributed by atoms with Crippen LogP contribution in [0.15, 0.2) is 0 Å². The number of hydrogen-bond acceptors (Lipinski definition) is 2. The smallest absolute Gasteiger partial charge is 0.242 e. The maximum Gasteiger partial charge on any atom is 0.242 e. The predicted molar refractivity (Wildman–Crippen MR) is 80.9 cm³/mol. The molecule has 0 atom stereocenters. The quantitative estimate of drug-likeness (QED) is 0.731. The van der Waals surface area contributed by atoms with E-state index in [1.54, 1.807) is 0 Å². The number of rotatable bonds is 2. The van der Waals surface area contributed by atoms with Crippen molar-refractivity contribution in [3.63, 3.8) is 0 Å². The highest BCUT2D eigenvalue weighted by molar-refractivity contribution is 8.67. The lowest BCUT2D eigenvalue weighted by Crippen LogP contribution is -2.03. The molecule has 1 fully saturated rings. The summed E-state index contributed by atoms with van der Waals surface area (Å²) in [5, 5.41) is 0.371. The Balaban J connectivity index is 2.34. The summed E-state index contributed by atoms with van der Waals surface area (Å²) < 4.78 is 0. The van der Waals surface area contributed by atoms with E-state index in [2.05, 4.69) is 0 Å². The first kappa shape index (κ1) is 16.0. The third-order valence-electron chi connectivity index (χ3n) is 3.34. The summed E-state index contributed by atoms with van der Waals surface area (Å²) in [6.07, 6.45) is 14.0. The van der Waals surface area contributed by atoms with Gasteiger partial charge in [-0.1, -0.05) is 69.2 Å². The molecule has 0 aromatic heterocycles. The molecule has 1 rings (SSSR count). The van der Waals surface area contributed by atoms with Gasteiger partial charge in [0, 0.05) is 5.25 Å². The first-order valence-electron chi connectivity index (χ1n) is 6.82. The van der Waals surface area contributed by atoms with Crippen molar-refractivity contribution in [2.24, 2.45) is 0 Å². The van der Waals surface area contributed by atoms with Crippen molar-refractivity contribution in [1.82, 2.24) is 0 Å². The molecule has 0 spiro atoms. The molecule has 102 valence electrons. The van der Waals surface area contributed by atoms with Gasteiger partial charge in [0.2, 0.25) is 5.69 Å². The summed E-state index contributed by atoms with van der Waals surface area (Å²) in [6, 6.07) is 0. The third kappa shape index (κ3) is 9.49. The van der Waals surface area contributed by atoms with Crippen LogP contribution >= 0.6 is 17.1 Å². The summed E-state index contributed by atoms with van der Waals surface area (Å²) >= 11 is 6.00. The van der Waals surface area contributed by atoms with E-state index in [0.29, 0.717) is 5.25 Å². The molecule has 0 aliphatic heterocycles. The Morgan fingerprint density at radius 3 is 1.47 bits per heavy atom. The summed E-state index contributed by atoms with van der Waals surface area (Å²) in [6.45, 7) is 0. The van der Waals surface area contributed by atoms with Gasteiger partial charge in [-0.15, -0.1) is 0 Å². The largest absolute Gasteiger partial charge is 0.338 e. The average molecular weight is 296 g/mol. The lowest BCUT2D eigenvalue weighted by molar-refractivity contribution is 0.497. The molecule has 0 aromatic rings. The zero-order chi connectivity index (χ0) is 12.6. The molecule has 0 radical (unpaired) electrons. The molecule has 2 nitrogen and oxygen atoms in total. The molecule has 0 heterocycles. The molecule has 1 aliphatic carbocycles. The van der Waals surface area contributed by atoms with E-state index in [1.807, 2.05) is 0 Å². The fraction of sp³-hybridized carbons (Fsp3) is 1.00. The predicted octanol–water partition coefficient (Wildman–Crippen LogP) is 4.60. The number of hydrogen-bond donors (Lipinski definition) is 2. The molecule has 2 N–H and O–H groups in total. The SMILES string of the molecule is OP(O)(=S)SC1CCCCCCCCCCC1. The summed E-state index contributed by atoms with van der Waals surface area (Å²) in [5.41, 5.74) is -3.06. The molecule has 1 aliphatic rings. The van der Waals surface area contributed by atoms with E-state index in [1.165, 1.54) is 69.2 Å². The van der Waals surface area contributed by atoms with Crippen molar-refractivity contribution >= 4 is 28.9 Å². The maximum absolute atomic E-state index is 9.40. The van der Waals surface area contributed by atoms with Crippen molar-refractivity contribution in [1.29, 1.82) is 0 Å². The molecule has 0 saturated heterocycles. The van der Waals surface area contributed by atoms with Crippen LogP contribution in [0.3, 0.4) is 0 Å². The highest BCUT2D eigenvalue weighted by atomic mass is 32.9. The van der Waals surface area contributed by atoms with Crippen molar-refractivity contribution < 1.29 is 9.79 Å². The first-order valence-corrected chi connectivity index (χ1v) is 11.0. The third-order valence-corrected chi connectivity index (χ3v) is 6.88. The second-order valence-electron chi connectivity index (χ2n) is 4.98. The van der Waals surface area contributed by atoms with Gasteiger partial charge in [-0.25, -0.2) is 0 Å². The van der Waals surface area contributed by atoms with E-state index in [9.17, 15) is 9.79 Å². The van der Waals surface area contributed by atoms with E-state index >= 15 is 0 Å². The lowest BCUT2D eigenvalue weighted by Gasteiger charge is -2.19. The fourth-order valence-corrected chi connectivity index (χ4v) is 6.25. The van der Waals surface area contributed by atoms with Crippen LogP contribution in [0.25, 0.3) is 0 Å². The molecule has 17 heavy (non-hydrogen) atoms. The Morgan fingerprint density at radius 2 is 1.12 bits per heavy atom. The van der Waals surface area contributed by atoms with Gasteiger partial charge in [-0.05, 0) is 24.6 Å². The summed E-state index contributed by atoms with van der Waals surface area (Å²) in [4.78, 5) is 18.8. The Bertz CT molecular complexity index is 231. The van der Waals surface area contributed by atoms with Crippen molar-refractivity contribution in [2.45, 2.75) is 75.9 Å². The van der Waals surface area contributed by atoms with E-state index in [4.69, 9.17) is 11.8 Å². The maximum atomic E-state index is 9.40. The van der Waals surface area contributed by atoms with Crippen molar-refractivity contribution in [3.05, 3.63) is 0 Å². The van der Waals surface area contributed by atoms with Gasteiger partial charge in [0.1, 0.15) is 0 Å². The van der Waals surface area contributed by atoms with Crippen LogP contribution in [0.4, 0.5) is 0 Å². The van der Waals surface area contributed by atoms with Gasteiger partial charge in [-0.2, -0.15) is 0 Å². The zero-order valence-corrected chi connectivity index (χ0v) is 13.0. The van der Waals surface area contributed by atoms with Crippen molar-refractivity contribution in [2.75, 3.05) is 0 Å². The monoisotopic (exact) mass is 296 g/mol. The molecular formula is C12H25O2PS2. The zero-order valence-electron chi connectivity index (χ0n) is 10.5. The van der Waals surface area contributed by atoms with Gasteiger partial charge in [0.05, 0.1) is 0 Å². The molecule has 0 amide bonds. The molecule has 5 heteroatoms. The van der Waals surface area contributed by atoms with E-state index in [0.717, 1.165) is 12.8 Å². The molecule has 0 aromatic carbocycles. The minimum absolute atomic E-state index is 0.371. The second kappa shape index (κ2) is 8.92. The topological polar surface area (TPSA) is 40.5 Å².